The van der Waals surface area contributed by atoms with Crippen LogP contribution in [0.1, 0.15) is 95.0 Å². The molecule has 8 unspecified atom stereocenters. The highest BCUT2D eigenvalue weighted by molar-refractivity contribution is 6.05. The first-order valence-corrected chi connectivity index (χ1v) is 16.3. The highest BCUT2D eigenvalue weighted by Gasteiger charge is 2.63. The summed E-state index contributed by atoms with van der Waals surface area (Å²) < 4.78 is 6.65. The summed E-state index contributed by atoms with van der Waals surface area (Å²) in [4.78, 5) is 0. The predicted molar refractivity (Wildman–Crippen MR) is 151 cm³/mol. The Hall–Kier alpha value is -1.76. The maximum Gasteiger partial charge on any atom is 0.138 e. The summed E-state index contributed by atoms with van der Waals surface area (Å²) in [6, 6.07) is 15.8. The maximum absolute atomic E-state index is 6.65. The monoisotopic (exact) mass is 492 g/mol. The van der Waals surface area contributed by atoms with E-state index in [9.17, 15) is 0 Å². The average Bonchev–Trinajstić information content (AvgIpc) is 3.35. The molecular formula is C36H44O. The Morgan fingerprint density at radius 2 is 1.03 bits per heavy atom. The quantitative estimate of drug-likeness (QED) is 0.329. The van der Waals surface area contributed by atoms with Crippen LogP contribution in [0.4, 0.5) is 0 Å². The third-order valence-corrected chi connectivity index (χ3v) is 13.4. The van der Waals surface area contributed by atoms with Crippen molar-refractivity contribution in [2.45, 2.75) is 89.4 Å². The Bertz CT molecular complexity index is 1270. The van der Waals surface area contributed by atoms with E-state index in [2.05, 4.69) is 42.5 Å². The molecule has 0 radical (unpaired) electrons. The lowest BCUT2D eigenvalue weighted by molar-refractivity contribution is -0.189. The van der Waals surface area contributed by atoms with Gasteiger partial charge >= 0.3 is 0 Å². The smallest absolute Gasteiger partial charge is 0.138 e. The molecule has 6 fully saturated rings. The molecule has 9 rings (SSSR count). The van der Waals surface area contributed by atoms with Crippen molar-refractivity contribution in [2.75, 3.05) is 0 Å². The predicted octanol–water partition coefficient (Wildman–Crippen LogP) is 9.98. The van der Waals surface area contributed by atoms with Crippen molar-refractivity contribution in [2.24, 2.45) is 59.2 Å². The first kappa shape index (κ1) is 22.1. The van der Waals surface area contributed by atoms with E-state index in [1.54, 1.807) is 50.5 Å². The SMILES string of the molecule is c1ccc2c(c1)oc1c(C3CC4C5CCCCC5C5CCCC6C7CCCCC7C(C3)C4C56)cccc12. The molecule has 0 bridgehead atoms. The van der Waals surface area contributed by atoms with E-state index in [1.165, 1.54) is 54.9 Å². The van der Waals surface area contributed by atoms with Crippen LogP contribution in [-0.4, -0.2) is 0 Å². The summed E-state index contributed by atoms with van der Waals surface area (Å²) in [7, 11) is 0. The van der Waals surface area contributed by atoms with Crippen molar-refractivity contribution in [3.05, 3.63) is 48.0 Å². The molecule has 0 N–H and O–H groups in total. The van der Waals surface area contributed by atoms with Gasteiger partial charge in [0.05, 0.1) is 0 Å². The molecule has 1 heterocycles. The fourth-order valence-corrected chi connectivity index (χ4v) is 12.6. The van der Waals surface area contributed by atoms with E-state index < -0.39 is 0 Å². The van der Waals surface area contributed by atoms with Crippen LogP contribution < -0.4 is 0 Å². The highest BCUT2D eigenvalue weighted by atomic mass is 16.3. The topological polar surface area (TPSA) is 13.1 Å². The van der Waals surface area contributed by atoms with Crippen LogP contribution in [-0.2, 0) is 0 Å². The summed E-state index contributed by atoms with van der Waals surface area (Å²) in [6.07, 6.45) is 19.9. The van der Waals surface area contributed by atoms with Gasteiger partial charge in [0.2, 0.25) is 0 Å². The van der Waals surface area contributed by atoms with Gasteiger partial charge in [0, 0.05) is 10.8 Å². The molecule has 1 heteroatoms. The fourth-order valence-electron chi connectivity index (χ4n) is 12.6. The molecule has 0 spiro atoms. The van der Waals surface area contributed by atoms with Crippen molar-refractivity contribution in [3.8, 4) is 0 Å². The van der Waals surface area contributed by atoms with Crippen LogP contribution in [0.25, 0.3) is 21.9 Å². The number of hydrogen-bond donors (Lipinski definition) is 0. The van der Waals surface area contributed by atoms with Gasteiger partial charge in [-0.25, -0.2) is 0 Å². The third-order valence-electron chi connectivity index (χ3n) is 13.4. The molecule has 37 heavy (non-hydrogen) atoms. The van der Waals surface area contributed by atoms with E-state index in [0.717, 1.165) is 64.8 Å². The number of para-hydroxylation sites is 2. The number of furan rings is 1. The van der Waals surface area contributed by atoms with Crippen LogP contribution >= 0.6 is 0 Å². The Morgan fingerprint density at radius 3 is 1.70 bits per heavy atom. The largest absolute Gasteiger partial charge is 0.456 e. The molecule has 3 aromatic rings. The molecule has 0 aliphatic heterocycles. The lowest BCUT2D eigenvalue weighted by Gasteiger charge is -2.68. The second-order valence-electron chi connectivity index (χ2n) is 14.5. The van der Waals surface area contributed by atoms with Crippen molar-refractivity contribution >= 4 is 21.9 Å². The van der Waals surface area contributed by atoms with Gasteiger partial charge in [-0.05, 0) is 128 Å². The van der Waals surface area contributed by atoms with Crippen LogP contribution in [0.15, 0.2) is 46.9 Å². The summed E-state index contributed by atoms with van der Waals surface area (Å²) in [5, 5.41) is 2.65. The molecule has 1 aromatic heterocycles. The second kappa shape index (κ2) is 8.37. The van der Waals surface area contributed by atoms with Crippen LogP contribution in [0, 0.1) is 59.2 Å². The Labute approximate surface area is 222 Å². The van der Waals surface area contributed by atoms with E-state index in [1.807, 2.05) is 0 Å². The van der Waals surface area contributed by atoms with Crippen molar-refractivity contribution < 1.29 is 4.42 Å². The van der Waals surface area contributed by atoms with E-state index >= 15 is 0 Å². The van der Waals surface area contributed by atoms with Gasteiger partial charge in [-0.15, -0.1) is 0 Å². The van der Waals surface area contributed by atoms with Crippen LogP contribution in [0.2, 0.25) is 0 Å². The van der Waals surface area contributed by atoms with Gasteiger partial charge in [0.1, 0.15) is 11.2 Å². The molecule has 194 valence electrons. The highest BCUT2D eigenvalue weighted by Crippen LogP contribution is 2.70. The van der Waals surface area contributed by atoms with Crippen molar-refractivity contribution in [1.29, 1.82) is 0 Å². The minimum atomic E-state index is 0.692. The summed E-state index contributed by atoms with van der Waals surface area (Å²) in [6.45, 7) is 0. The van der Waals surface area contributed by atoms with E-state index in [-0.39, 0.29) is 0 Å². The zero-order valence-corrected chi connectivity index (χ0v) is 22.5. The molecule has 1 nitrogen and oxygen atoms in total. The third kappa shape index (κ3) is 3.09. The van der Waals surface area contributed by atoms with Gasteiger partial charge in [-0.2, -0.15) is 0 Å². The van der Waals surface area contributed by atoms with Crippen molar-refractivity contribution in [3.63, 3.8) is 0 Å². The number of fused-ring (bicyclic) bond motifs is 9. The maximum atomic E-state index is 6.65. The molecule has 6 saturated carbocycles. The van der Waals surface area contributed by atoms with Gasteiger partial charge < -0.3 is 4.42 Å². The lowest BCUT2D eigenvalue weighted by Crippen LogP contribution is -2.61. The van der Waals surface area contributed by atoms with E-state index in [4.69, 9.17) is 4.42 Å². The molecule has 6 aliphatic carbocycles. The van der Waals surface area contributed by atoms with Gasteiger partial charge in [0.25, 0.3) is 0 Å². The Kier molecular flexibility index (Phi) is 5.00. The van der Waals surface area contributed by atoms with Crippen LogP contribution in [0.3, 0.4) is 0 Å². The summed E-state index contributed by atoms with van der Waals surface area (Å²) in [5.74, 6) is 11.2. The number of hydrogen-bond acceptors (Lipinski definition) is 1. The second-order valence-corrected chi connectivity index (χ2v) is 14.5. The molecular weight excluding hydrogens is 448 g/mol. The van der Waals surface area contributed by atoms with Crippen LogP contribution in [0.5, 0.6) is 0 Å². The van der Waals surface area contributed by atoms with Crippen molar-refractivity contribution in [1.82, 2.24) is 0 Å². The van der Waals surface area contributed by atoms with Gasteiger partial charge in [-0.3, -0.25) is 0 Å². The summed E-state index contributed by atoms with van der Waals surface area (Å²) >= 11 is 0. The molecule has 6 aliphatic rings. The molecule has 8 atom stereocenters. The fraction of sp³-hybridized carbons (Fsp3) is 0.667. The first-order valence-electron chi connectivity index (χ1n) is 16.3. The average molecular weight is 493 g/mol. The normalized spacial score (nSPS) is 44.7. The number of benzene rings is 2. The minimum Gasteiger partial charge on any atom is -0.456 e. The standard InChI is InChI=1S/C36H44O/c1-3-11-25-23(9-1)28-15-8-16-29-24-10-2-4-12-26(24)32-20-21(19-31(25)35(32)34(28)29)22-14-7-17-30-27-13-5-6-18-33(27)37-36(22)30/h5-7,13-14,17-18,21,23-26,28-29,31-32,34-35H,1-4,8-12,15-16,19-20H2. The summed E-state index contributed by atoms with van der Waals surface area (Å²) in [5.41, 5.74) is 3.84. The first-order chi connectivity index (χ1) is 18.4. The van der Waals surface area contributed by atoms with Gasteiger partial charge in [0.15, 0.2) is 0 Å². The Balaban J connectivity index is 1.18. The lowest BCUT2D eigenvalue weighted by atomic mass is 9.37. The zero-order chi connectivity index (χ0) is 24.1. The molecule has 0 amide bonds. The molecule has 0 saturated heterocycles. The van der Waals surface area contributed by atoms with Gasteiger partial charge in [-0.1, -0.05) is 68.5 Å². The molecule has 2 aromatic carbocycles. The Morgan fingerprint density at radius 1 is 0.486 bits per heavy atom. The zero-order valence-electron chi connectivity index (χ0n) is 22.5. The number of rotatable bonds is 1. The van der Waals surface area contributed by atoms with E-state index in [0.29, 0.717) is 5.92 Å². The minimum absolute atomic E-state index is 0.692.